The van der Waals surface area contributed by atoms with E-state index in [2.05, 4.69) is 20.8 Å². The molecule has 1 aromatic heterocycles. The van der Waals surface area contributed by atoms with Crippen molar-refractivity contribution in [2.75, 3.05) is 0 Å². The summed E-state index contributed by atoms with van der Waals surface area (Å²) >= 11 is 7.37. The summed E-state index contributed by atoms with van der Waals surface area (Å²) in [6, 6.07) is 7.59. The lowest BCUT2D eigenvalue weighted by molar-refractivity contribution is 0.104. The fourth-order valence-corrected chi connectivity index (χ4v) is 2.94. The van der Waals surface area contributed by atoms with Crippen LogP contribution in [0.5, 0.6) is 0 Å². The normalized spacial score (nSPS) is 11.6. The Morgan fingerprint density at radius 3 is 2.42 bits per heavy atom. The molecule has 0 saturated heterocycles. The third-order valence-corrected chi connectivity index (χ3v) is 4.57. The molecule has 0 aliphatic heterocycles. The Morgan fingerprint density at radius 1 is 1.21 bits per heavy atom. The minimum atomic E-state index is -0.442. The van der Waals surface area contributed by atoms with Crippen molar-refractivity contribution in [1.29, 1.82) is 0 Å². The zero-order valence-corrected chi connectivity index (χ0v) is 12.5. The van der Waals surface area contributed by atoms with E-state index < -0.39 is 5.82 Å². The molecule has 0 atom stereocenters. The number of benzene rings is 1. The molecule has 1 aromatic carbocycles. The molecule has 1 heterocycles. The highest BCUT2D eigenvalue weighted by molar-refractivity contribution is 7.14. The third-order valence-electron chi connectivity index (χ3n) is 2.74. The van der Waals surface area contributed by atoms with Gasteiger partial charge in [-0.25, -0.2) is 4.39 Å². The van der Waals surface area contributed by atoms with Gasteiger partial charge in [0.15, 0.2) is 0 Å². The van der Waals surface area contributed by atoms with Crippen LogP contribution in [0.25, 0.3) is 0 Å². The summed E-state index contributed by atoms with van der Waals surface area (Å²) in [7, 11) is 0. The standard InChI is InChI=1S/C15H14ClFOS/c1-15(2,3)13-7-6-12(19-13)14(18)10-5-4-9(17)8-11(10)16/h4-8H,1-3H3. The summed E-state index contributed by atoms with van der Waals surface area (Å²) in [6.07, 6.45) is 0. The molecule has 2 rings (SSSR count). The Kier molecular flexibility index (Phi) is 3.79. The van der Waals surface area contributed by atoms with Crippen LogP contribution in [0.4, 0.5) is 4.39 Å². The van der Waals surface area contributed by atoms with Crippen LogP contribution in [-0.2, 0) is 5.41 Å². The largest absolute Gasteiger partial charge is 0.288 e. The SMILES string of the molecule is CC(C)(C)c1ccc(C(=O)c2ccc(F)cc2Cl)s1. The molecule has 0 bridgehead atoms. The van der Waals surface area contributed by atoms with Crippen molar-refractivity contribution in [3.8, 4) is 0 Å². The van der Waals surface area contributed by atoms with Gasteiger partial charge in [0.2, 0.25) is 5.78 Å². The van der Waals surface area contributed by atoms with Gasteiger partial charge in [-0.2, -0.15) is 0 Å². The lowest BCUT2D eigenvalue weighted by atomic mass is 9.95. The maximum atomic E-state index is 13.0. The highest BCUT2D eigenvalue weighted by Crippen LogP contribution is 2.31. The Balaban J connectivity index is 2.37. The molecule has 0 unspecified atom stereocenters. The van der Waals surface area contributed by atoms with Gasteiger partial charge in [-0.3, -0.25) is 4.79 Å². The summed E-state index contributed by atoms with van der Waals surface area (Å²) in [4.78, 5) is 14.1. The summed E-state index contributed by atoms with van der Waals surface area (Å²) in [5.74, 6) is -0.603. The van der Waals surface area contributed by atoms with Crippen LogP contribution in [0.3, 0.4) is 0 Å². The zero-order chi connectivity index (χ0) is 14.2. The number of carbonyl (C=O) groups excluding carboxylic acids is 1. The molecule has 0 spiro atoms. The highest BCUT2D eigenvalue weighted by atomic mass is 35.5. The molecule has 0 saturated carbocycles. The van der Waals surface area contributed by atoms with Crippen LogP contribution >= 0.6 is 22.9 Å². The predicted molar refractivity (Wildman–Crippen MR) is 77.9 cm³/mol. The first kappa shape index (κ1) is 14.2. The van der Waals surface area contributed by atoms with Crippen molar-refractivity contribution in [3.63, 3.8) is 0 Å². The number of ketones is 1. The second-order valence-corrected chi connectivity index (χ2v) is 6.86. The van der Waals surface area contributed by atoms with E-state index in [0.29, 0.717) is 10.4 Å². The molecule has 19 heavy (non-hydrogen) atoms. The Labute approximate surface area is 121 Å². The number of hydrogen-bond donors (Lipinski definition) is 0. The molecule has 4 heteroatoms. The van der Waals surface area contributed by atoms with E-state index in [4.69, 9.17) is 11.6 Å². The van der Waals surface area contributed by atoms with Crippen molar-refractivity contribution >= 4 is 28.7 Å². The van der Waals surface area contributed by atoms with Crippen molar-refractivity contribution in [1.82, 2.24) is 0 Å². The van der Waals surface area contributed by atoms with Gasteiger partial charge in [-0.15, -0.1) is 11.3 Å². The van der Waals surface area contributed by atoms with Gasteiger partial charge in [-0.1, -0.05) is 32.4 Å². The molecule has 0 fully saturated rings. The highest BCUT2D eigenvalue weighted by Gasteiger charge is 2.20. The fourth-order valence-electron chi connectivity index (χ4n) is 1.67. The summed E-state index contributed by atoms with van der Waals surface area (Å²) in [5, 5.41) is 0.149. The van der Waals surface area contributed by atoms with E-state index >= 15 is 0 Å². The smallest absolute Gasteiger partial charge is 0.204 e. The molecule has 100 valence electrons. The van der Waals surface area contributed by atoms with Gasteiger partial charge in [0, 0.05) is 10.4 Å². The van der Waals surface area contributed by atoms with Crippen molar-refractivity contribution in [2.24, 2.45) is 0 Å². The maximum absolute atomic E-state index is 13.0. The molecule has 0 aliphatic rings. The van der Waals surface area contributed by atoms with Gasteiger partial charge in [0.1, 0.15) is 5.82 Å². The maximum Gasteiger partial charge on any atom is 0.204 e. The fraction of sp³-hybridized carbons (Fsp3) is 0.267. The lowest BCUT2D eigenvalue weighted by Crippen LogP contribution is -2.08. The number of rotatable bonds is 2. The Hall–Kier alpha value is -1.19. The molecule has 2 aromatic rings. The Bertz CT molecular complexity index is 625. The van der Waals surface area contributed by atoms with E-state index in [-0.39, 0.29) is 16.2 Å². The summed E-state index contributed by atoms with van der Waals surface area (Å²) in [6.45, 7) is 6.29. The van der Waals surface area contributed by atoms with Crippen LogP contribution in [0, 0.1) is 5.82 Å². The zero-order valence-electron chi connectivity index (χ0n) is 11.0. The number of carbonyl (C=O) groups is 1. The number of halogens is 2. The van der Waals surface area contributed by atoms with E-state index in [1.807, 2.05) is 6.07 Å². The van der Waals surface area contributed by atoms with Gasteiger partial charge in [0.05, 0.1) is 9.90 Å². The molecular formula is C15H14ClFOS. The monoisotopic (exact) mass is 296 g/mol. The van der Waals surface area contributed by atoms with E-state index in [0.717, 1.165) is 10.9 Å². The molecule has 0 amide bonds. The molecule has 0 N–H and O–H groups in total. The van der Waals surface area contributed by atoms with Crippen LogP contribution in [-0.4, -0.2) is 5.78 Å². The minimum absolute atomic E-state index is 0.00971. The van der Waals surface area contributed by atoms with Crippen LogP contribution < -0.4 is 0 Å². The average molecular weight is 297 g/mol. The molecule has 1 nitrogen and oxygen atoms in total. The number of thiophene rings is 1. The van der Waals surface area contributed by atoms with Crippen molar-refractivity contribution < 1.29 is 9.18 Å². The summed E-state index contributed by atoms with van der Waals surface area (Å²) < 4.78 is 13.0. The van der Waals surface area contributed by atoms with E-state index in [1.165, 1.54) is 23.5 Å². The van der Waals surface area contributed by atoms with Crippen molar-refractivity contribution in [3.05, 3.63) is 56.5 Å². The first-order chi connectivity index (χ1) is 8.79. The van der Waals surface area contributed by atoms with Crippen molar-refractivity contribution in [2.45, 2.75) is 26.2 Å². The topological polar surface area (TPSA) is 17.1 Å². The first-order valence-electron chi connectivity index (χ1n) is 5.89. The quantitative estimate of drug-likeness (QED) is 0.707. The van der Waals surface area contributed by atoms with Gasteiger partial charge < -0.3 is 0 Å². The Morgan fingerprint density at radius 2 is 1.89 bits per heavy atom. The predicted octanol–water partition coefficient (Wildman–Crippen LogP) is 5.07. The average Bonchev–Trinajstić information content (AvgIpc) is 2.76. The van der Waals surface area contributed by atoms with Gasteiger partial charge in [0.25, 0.3) is 0 Å². The second-order valence-electron chi connectivity index (χ2n) is 5.37. The minimum Gasteiger partial charge on any atom is -0.288 e. The van der Waals surface area contributed by atoms with Crippen LogP contribution in [0.15, 0.2) is 30.3 Å². The molecular weight excluding hydrogens is 283 g/mol. The van der Waals surface area contributed by atoms with Crippen LogP contribution in [0.1, 0.15) is 40.9 Å². The van der Waals surface area contributed by atoms with E-state index in [9.17, 15) is 9.18 Å². The van der Waals surface area contributed by atoms with E-state index in [1.54, 1.807) is 6.07 Å². The number of hydrogen-bond acceptors (Lipinski definition) is 2. The second kappa shape index (κ2) is 5.06. The lowest BCUT2D eigenvalue weighted by Gasteiger charge is -2.15. The van der Waals surface area contributed by atoms with Gasteiger partial charge in [-0.05, 0) is 35.7 Å². The molecule has 0 radical (unpaired) electrons. The third kappa shape index (κ3) is 3.04. The summed E-state index contributed by atoms with van der Waals surface area (Å²) in [5.41, 5.74) is 0.348. The van der Waals surface area contributed by atoms with Crippen LogP contribution in [0.2, 0.25) is 5.02 Å². The van der Waals surface area contributed by atoms with Gasteiger partial charge >= 0.3 is 0 Å². The first-order valence-corrected chi connectivity index (χ1v) is 7.08. The molecule has 0 aliphatic carbocycles.